The molecule has 0 atom stereocenters. The Morgan fingerprint density at radius 1 is 0.957 bits per heavy atom. The average Bonchev–Trinajstić information content (AvgIpc) is 2.86. The van der Waals surface area contributed by atoms with E-state index in [4.69, 9.17) is 5.10 Å². The number of allylic oxidation sites excluding steroid dienone is 1. The first-order chi connectivity index (χ1) is 11.2. The van der Waals surface area contributed by atoms with E-state index >= 15 is 0 Å². The number of para-hydroxylation sites is 1. The van der Waals surface area contributed by atoms with Crippen LogP contribution in [0.5, 0.6) is 0 Å². The van der Waals surface area contributed by atoms with Crippen molar-refractivity contribution in [3.8, 4) is 0 Å². The summed E-state index contributed by atoms with van der Waals surface area (Å²) in [4.78, 5) is 0. The van der Waals surface area contributed by atoms with Gasteiger partial charge in [0, 0.05) is 11.3 Å². The van der Waals surface area contributed by atoms with Crippen LogP contribution in [0.2, 0.25) is 0 Å². The fourth-order valence-electron chi connectivity index (χ4n) is 2.60. The highest BCUT2D eigenvalue weighted by molar-refractivity contribution is 5.72. The van der Waals surface area contributed by atoms with Gasteiger partial charge in [-0.15, -0.1) is 0 Å². The summed E-state index contributed by atoms with van der Waals surface area (Å²) in [5.41, 5.74) is 5.46. The third-order valence-corrected chi connectivity index (χ3v) is 3.97. The lowest BCUT2D eigenvalue weighted by Crippen LogP contribution is -2.06. The lowest BCUT2D eigenvalue weighted by Gasteiger charge is -2.14. The van der Waals surface area contributed by atoms with Crippen molar-refractivity contribution in [2.75, 3.05) is 5.32 Å². The lowest BCUT2D eigenvalue weighted by atomic mass is 10.1. The molecule has 3 aromatic rings. The van der Waals surface area contributed by atoms with Gasteiger partial charge in [0.15, 0.2) is 0 Å². The second-order valence-corrected chi connectivity index (χ2v) is 5.50. The molecule has 3 rings (SSSR count). The van der Waals surface area contributed by atoms with Gasteiger partial charge in [-0.25, -0.2) is 4.68 Å². The zero-order chi connectivity index (χ0) is 16.2. The molecule has 1 aromatic heterocycles. The molecule has 0 amide bonds. The number of anilines is 2. The number of hydrogen-bond donors (Lipinski definition) is 1. The first-order valence-electron chi connectivity index (χ1n) is 7.81. The van der Waals surface area contributed by atoms with Crippen LogP contribution < -0.4 is 5.32 Å². The summed E-state index contributed by atoms with van der Waals surface area (Å²) < 4.78 is 1.99. The third-order valence-electron chi connectivity index (χ3n) is 3.97. The number of aryl methyl sites for hydroxylation is 1. The number of hydrogen-bond acceptors (Lipinski definition) is 2. The minimum atomic E-state index is 1.01. The highest BCUT2D eigenvalue weighted by atomic mass is 15.3. The van der Waals surface area contributed by atoms with Gasteiger partial charge in [0.05, 0.1) is 11.4 Å². The molecule has 0 saturated heterocycles. The van der Waals surface area contributed by atoms with Gasteiger partial charge >= 0.3 is 0 Å². The maximum Gasteiger partial charge on any atom is 0.137 e. The van der Waals surface area contributed by atoms with Crippen LogP contribution in [0.15, 0.2) is 66.7 Å². The summed E-state index contributed by atoms with van der Waals surface area (Å²) in [6.07, 6.45) is 2.09. The van der Waals surface area contributed by atoms with E-state index in [1.165, 1.54) is 0 Å². The zero-order valence-corrected chi connectivity index (χ0v) is 13.7. The molecule has 0 radical (unpaired) electrons. The number of nitrogens with zero attached hydrogens (tertiary/aromatic N) is 2. The topological polar surface area (TPSA) is 29.9 Å². The van der Waals surface area contributed by atoms with Crippen LogP contribution in [0.4, 0.5) is 11.5 Å². The van der Waals surface area contributed by atoms with Gasteiger partial charge in [-0.2, -0.15) is 5.10 Å². The van der Waals surface area contributed by atoms with Crippen LogP contribution in [-0.2, 0) is 0 Å². The van der Waals surface area contributed by atoms with Crippen LogP contribution in [0, 0.1) is 13.8 Å². The van der Waals surface area contributed by atoms with Crippen molar-refractivity contribution >= 4 is 17.2 Å². The Hall–Kier alpha value is -2.81. The Bertz CT molecular complexity index is 815. The molecule has 0 aliphatic rings. The van der Waals surface area contributed by atoms with Crippen LogP contribution >= 0.6 is 0 Å². The summed E-state index contributed by atoms with van der Waals surface area (Å²) in [5.74, 6) is 1.01. The molecule has 3 heteroatoms. The Morgan fingerprint density at radius 2 is 1.57 bits per heavy atom. The highest BCUT2D eigenvalue weighted by Gasteiger charge is 2.15. The normalized spacial score (nSPS) is 11.5. The molecule has 2 aromatic carbocycles. The van der Waals surface area contributed by atoms with E-state index in [1.807, 2.05) is 54.9 Å². The number of nitrogens with one attached hydrogen (secondary N) is 1. The molecule has 0 saturated carbocycles. The zero-order valence-electron chi connectivity index (χ0n) is 13.7. The molecular weight excluding hydrogens is 282 g/mol. The quantitative estimate of drug-likeness (QED) is 0.722. The molecule has 0 aliphatic carbocycles. The van der Waals surface area contributed by atoms with Crippen LogP contribution in [0.3, 0.4) is 0 Å². The van der Waals surface area contributed by atoms with Crippen LogP contribution in [0.25, 0.3) is 5.70 Å². The van der Waals surface area contributed by atoms with Gasteiger partial charge in [-0.3, -0.25) is 0 Å². The molecule has 1 N–H and O–H groups in total. The van der Waals surface area contributed by atoms with Crippen LogP contribution in [-0.4, -0.2) is 9.78 Å². The average molecular weight is 303 g/mol. The Morgan fingerprint density at radius 3 is 2.17 bits per heavy atom. The van der Waals surface area contributed by atoms with Gasteiger partial charge in [0.1, 0.15) is 5.82 Å². The summed E-state index contributed by atoms with van der Waals surface area (Å²) in [6.45, 7) is 6.18. The lowest BCUT2D eigenvalue weighted by molar-refractivity contribution is 0.889. The Balaban J connectivity index is 2.07. The third kappa shape index (κ3) is 3.04. The molecule has 0 unspecified atom stereocenters. The Kier molecular flexibility index (Phi) is 4.29. The molecule has 23 heavy (non-hydrogen) atoms. The highest BCUT2D eigenvalue weighted by Crippen LogP contribution is 2.28. The van der Waals surface area contributed by atoms with E-state index in [1.54, 1.807) is 0 Å². The van der Waals surface area contributed by atoms with Gasteiger partial charge in [-0.05, 0) is 38.5 Å². The van der Waals surface area contributed by atoms with Crippen molar-refractivity contribution in [1.29, 1.82) is 0 Å². The fraction of sp³-hybridized carbons (Fsp3) is 0.150. The van der Waals surface area contributed by atoms with E-state index in [-0.39, 0.29) is 0 Å². The van der Waals surface area contributed by atoms with Crippen molar-refractivity contribution in [3.05, 3.63) is 83.6 Å². The smallest absolute Gasteiger partial charge is 0.137 e. The summed E-state index contributed by atoms with van der Waals surface area (Å²) in [7, 11) is 0. The van der Waals surface area contributed by atoms with Crippen LogP contribution in [0.1, 0.15) is 23.7 Å². The maximum atomic E-state index is 4.74. The second-order valence-electron chi connectivity index (χ2n) is 5.50. The monoisotopic (exact) mass is 303 g/mol. The summed E-state index contributed by atoms with van der Waals surface area (Å²) >= 11 is 0. The Labute approximate surface area is 137 Å². The van der Waals surface area contributed by atoms with E-state index in [2.05, 4.69) is 42.6 Å². The maximum absolute atomic E-state index is 4.74. The molecule has 0 aliphatic heterocycles. The molecule has 0 bridgehead atoms. The van der Waals surface area contributed by atoms with Crippen molar-refractivity contribution in [2.24, 2.45) is 0 Å². The largest absolute Gasteiger partial charge is 0.340 e. The summed E-state index contributed by atoms with van der Waals surface area (Å²) in [5, 5.41) is 8.25. The predicted molar refractivity (Wildman–Crippen MR) is 96.9 cm³/mol. The van der Waals surface area contributed by atoms with Crippen molar-refractivity contribution in [1.82, 2.24) is 9.78 Å². The van der Waals surface area contributed by atoms with Crippen molar-refractivity contribution in [3.63, 3.8) is 0 Å². The van der Waals surface area contributed by atoms with Crippen molar-refractivity contribution < 1.29 is 0 Å². The van der Waals surface area contributed by atoms with Crippen molar-refractivity contribution in [2.45, 2.75) is 20.8 Å². The standard InChI is InChI=1S/C20H21N3/c1-4-19(17-11-7-5-8-12-17)23-20(15(2)16(3)22-23)21-18-13-9-6-10-14-18/h4-14,21H,1-3H3/b19-4-. The first-order valence-corrected chi connectivity index (χ1v) is 7.81. The van der Waals surface area contributed by atoms with E-state index < -0.39 is 0 Å². The molecular formula is C20H21N3. The summed E-state index contributed by atoms with van der Waals surface area (Å²) in [6, 6.07) is 20.5. The molecule has 0 fully saturated rings. The number of rotatable bonds is 4. The predicted octanol–water partition coefficient (Wildman–Crippen LogP) is 5.15. The SMILES string of the molecule is C/C=C(/c1ccccc1)n1nc(C)c(C)c1Nc1ccccc1. The fourth-order valence-corrected chi connectivity index (χ4v) is 2.60. The minimum absolute atomic E-state index is 1.01. The van der Waals surface area contributed by atoms with Gasteiger partial charge in [0.2, 0.25) is 0 Å². The molecule has 1 heterocycles. The molecule has 3 nitrogen and oxygen atoms in total. The number of aromatic nitrogens is 2. The molecule has 116 valence electrons. The first kappa shape index (κ1) is 15.1. The number of benzene rings is 2. The molecule has 0 spiro atoms. The van der Waals surface area contributed by atoms with Gasteiger partial charge in [-0.1, -0.05) is 54.6 Å². The van der Waals surface area contributed by atoms with E-state index in [0.717, 1.165) is 34.0 Å². The van der Waals surface area contributed by atoms with Gasteiger partial charge < -0.3 is 5.32 Å². The minimum Gasteiger partial charge on any atom is -0.340 e. The second kappa shape index (κ2) is 6.53. The van der Waals surface area contributed by atoms with E-state index in [9.17, 15) is 0 Å². The van der Waals surface area contributed by atoms with Gasteiger partial charge in [0.25, 0.3) is 0 Å². The van der Waals surface area contributed by atoms with E-state index in [0.29, 0.717) is 0 Å².